The molecule has 4 heteroatoms. The fraction of sp³-hybridized carbons (Fsp3) is 0.647. The SMILES string of the molecule is Cc1ccc([C@@H](C2CCOCC2)N2CCNCC2)cc1F. The predicted molar refractivity (Wildman–Crippen MR) is 81.9 cm³/mol. The van der Waals surface area contributed by atoms with E-state index in [0.717, 1.165) is 63.4 Å². The topological polar surface area (TPSA) is 24.5 Å². The smallest absolute Gasteiger partial charge is 0.126 e. The summed E-state index contributed by atoms with van der Waals surface area (Å²) in [6.07, 6.45) is 2.15. The van der Waals surface area contributed by atoms with Crippen LogP contribution in [0.1, 0.15) is 30.0 Å². The average Bonchev–Trinajstić information content (AvgIpc) is 2.53. The number of ether oxygens (including phenoxy) is 1. The van der Waals surface area contributed by atoms with Gasteiger partial charge < -0.3 is 10.1 Å². The quantitative estimate of drug-likeness (QED) is 0.926. The largest absolute Gasteiger partial charge is 0.381 e. The highest BCUT2D eigenvalue weighted by Crippen LogP contribution is 2.35. The first-order valence-electron chi connectivity index (χ1n) is 8.04. The molecule has 0 unspecified atom stereocenters. The Morgan fingerprint density at radius 3 is 2.62 bits per heavy atom. The third-order valence-electron chi connectivity index (χ3n) is 4.79. The van der Waals surface area contributed by atoms with E-state index in [1.54, 1.807) is 6.07 Å². The normalized spacial score (nSPS) is 23.1. The second-order valence-corrected chi connectivity index (χ2v) is 6.19. The summed E-state index contributed by atoms with van der Waals surface area (Å²) in [6, 6.07) is 6.10. The van der Waals surface area contributed by atoms with E-state index in [0.29, 0.717) is 12.0 Å². The minimum Gasteiger partial charge on any atom is -0.381 e. The van der Waals surface area contributed by atoms with Crippen molar-refractivity contribution in [1.82, 2.24) is 10.2 Å². The molecule has 1 aromatic carbocycles. The van der Waals surface area contributed by atoms with Crippen LogP contribution in [0.3, 0.4) is 0 Å². The Labute approximate surface area is 126 Å². The molecule has 2 aliphatic heterocycles. The first-order valence-corrected chi connectivity index (χ1v) is 8.04. The standard InChI is InChI=1S/C17H25FN2O/c1-13-2-3-15(12-16(13)18)17(14-4-10-21-11-5-14)20-8-6-19-7-9-20/h2-3,12,14,17,19H,4-11H2,1H3/t17-/m1/s1. The maximum Gasteiger partial charge on any atom is 0.126 e. The zero-order chi connectivity index (χ0) is 14.7. The van der Waals surface area contributed by atoms with E-state index in [9.17, 15) is 4.39 Å². The van der Waals surface area contributed by atoms with Gasteiger partial charge in [0, 0.05) is 45.4 Å². The summed E-state index contributed by atoms with van der Waals surface area (Å²) < 4.78 is 19.5. The lowest BCUT2D eigenvalue weighted by Crippen LogP contribution is -2.47. The summed E-state index contributed by atoms with van der Waals surface area (Å²) in [4.78, 5) is 2.52. The highest BCUT2D eigenvalue weighted by Gasteiger charge is 2.31. The summed E-state index contributed by atoms with van der Waals surface area (Å²) in [5.41, 5.74) is 1.86. The van der Waals surface area contributed by atoms with Crippen LogP contribution in [0, 0.1) is 18.7 Å². The second kappa shape index (κ2) is 6.86. The monoisotopic (exact) mass is 292 g/mol. The highest BCUT2D eigenvalue weighted by atomic mass is 19.1. The molecule has 21 heavy (non-hydrogen) atoms. The molecule has 116 valence electrons. The van der Waals surface area contributed by atoms with Crippen molar-refractivity contribution in [3.05, 3.63) is 35.1 Å². The molecule has 2 fully saturated rings. The highest BCUT2D eigenvalue weighted by molar-refractivity contribution is 5.26. The average molecular weight is 292 g/mol. The maximum absolute atomic E-state index is 14.0. The summed E-state index contributed by atoms with van der Waals surface area (Å²) >= 11 is 0. The molecule has 1 atom stereocenters. The van der Waals surface area contributed by atoms with Gasteiger partial charge in [-0.25, -0.2) is 4.39 Å². The van der Waals surface area contributed by atoms with Gasteiger partial charge in [-0.1, -0.05) is 12.1 Å². The number of halogens is 1. The molecule has 2 aliphatic rings. The number of rotatable bonds is 3. The van der Waals surface area contributed by atoms with Gasteiger partial charge in [-0.05, 0) is 42.9 Å². The molecule has 0 saturated carbocycles. The zero-order valence-corrected chi connectivity index (χ0v) is 12.8. The summed E-state index contributed by atoms with van der Waals surface area (Å²) in [5, 5.41) is 3.40. The Morgan fingerprint density at radius 1 is 1.24 bits per heavy atom. The fourth-order valence-corrected chi connectivity index (χ4v) is 3.57. The first kappa shape index (κ1) is 14.9. The van der Waals surface area contributed by atoms with E-state index in [2.05, 4.69) is 16.3 Å². The second-order valence-electron chi connectivity index (χ2n) is 6.19. The summed E-state index contributed by atoms with van der Waals surface area (Å²) in [6.45, 7) is 7.62. The molecule has 1 N–H and O–H groups in total. The van der Waals surface area contributed by atoms with Crippen LogP contribution in [0.2, 0.25) is 0 Å². The Balaban J connectivity index is 1.87. The molecular formula is C17H25FN2O. The van der Waals surface area contributed by atoms with Crippen LogP contribution in [-0.2, 0) is 4.74 Å². The van der Waals surface area contributed by atoms with Crippen LogP contribution >= 0.6 is 0 Å². The lowest BCUT2D eigenvalue weighted by molar-refractivity contribution is 0.0212. The molecule has 0 aliphatic carbocycles. The fourth-order valence-electron chi connectivity index (χ4n) is 3.57. The summed E-state index contributed by atoms with van der Waals surface area (Å²) in [7, 11) is 0. The maximum atomic E-state index is 14.0. The Morgan fingerprint density at radius 2 is 1.95 bits per heavy atom. The van der Waals surface area contributed by atoms with Crippen molar-refractivity contribution in [3.8, 4) is 0 Å². The van der Waals surface area contributed by atoms with Crippen LogP contribution in [-0.4, -0.2) is 44.3 Å². The number of piperazine rings is 1. The lowest BCUT2D eigenvalue weighted by atomic mass is 9.85. The Bertz CT molecular complexity index is 450. The molecule has 3 rings (SSSR count). The van der Waals surface area contributed by atoms with Gasteiger partial charge in [-0.2, -0.15) is 0 Å². The minimum atomic E-state index is -0.0836. The number of hydrogen-bond donors (Lipinski definition) is 1. The molecule has 0 bridgehead atoms. The van der Waals surface area contributed by atoms with Gasteiger partial charge in [0.1, 0.15) is 5.82 Å². The first-order chi connectivity index (χ1) is 10.3. The predicted octanol–water partition coefficient (Wildman–Crippen LogP) is 2.51. The van der Waals surface area contributed by atoms with Crippen molar-refractivity contribution in [2.45, 2.75) is 25.8 Å². The van der Waals surface area contributed by atoms with E-state index in [1.807, 2.05) is 13.0 Å². The van der Waals surface area contributed by atoms with E-state index in [1.165, 1.54) is 0 Å². The molecule has 0 spiro atoms. The van der Waals surface area contributed by atoms with Crippen molar-refractivity contribution in [2.75, 3.05) is 39.4 Å². The van der Waals surface area contributed by atoms with Gasteiger partial charge in [0.15, 0.2) is 0 Å². The molecular weight excluding hydrogens is 267 g/mol. The molecule has 2 saturated heterocycles. The lowest BCUT2D eigenvalue weighted by Gasteiger charge is -2.41. The number of hydrogen-bond acceptors (Lipinski definition) is 3. The molecule has 0 radical (unpaired) electrons. The van der Waals surface area contributed by atoms with Gasteiger partial charge in [0.25, 0.3) is 0 Å². The van der Waals surface area contributed by atoms with E-state index in [-0.39, 0.29) is 5.82 Å². The third-order valence-corrected chi connectivity index (χ3v) is 4.79. The van der Waals surface area contributed by atoms with Crippen LogP contribution in [0.4, 0.5) is 4.39 Å². The Kier molecular flexibility index (Phi) is 4.88. The number of benzene rings is 1. The van der Waals surface area contributed by atoms with Gasteiger partial charge in [0.2, 0.25) is 0 Å². The zero-order valence-electron chi connectivity index (χ0n) is 12.8. The van der Waals surface area contributed by atoms with Crippen LogP contribution in [0.15, 0.2) is 18.2 Å². The number of nitrogens with one attached hydrogen (secondary N) is 1. The van der Waals surface area contributed by atoms with Crippen LogP contribution in [0.5, 0.6) is 0 Å². The molecule has 0 amide bonds. The molecule has 1 aromatic rings. The number of nitrogens with zero attached hydrogens (tertiary/aromatic N) is 1. The molecule has 0 aromatic heterocycles. The number of aryl methyl sites for hydroxylation is 1. The molecule has 3 nitrogen and oxygen atoms in total. The van der Waals surface area contributed by atoms with Crippen LogP contribution < -0.4 is 5.32 Å². The van der Waals surface area contributed by atoms with E-state index in [4.69, 9.17) is 4.74 Å². The van der Waals surface area contributed by atoms with Gasteiger partial charge in [-0.3, -0.25) is 4.90 Å². The van der Waals surface area contributed by atoms with Crippen molar-refractivity contribution in [1.29, 1.82) is 0 Å². The van der Waals surface area contributed by atoms with E-state index < -0.39 is 0 Å². The van der Waals surface area contributed by atoms with Crippen molar-refractivity contribution >= 4 is 0 Å². The Hall–Kier alpha value is -0.970. The van der Waals surface area contributed by atoms with Crippen LogP contribution in [0.25, 0.3) is 0 Å². The van der Waals surface area contributed by atoms with Gasteiger partial charge in [-0.15, -0.1) is 0 Å². The van der Waals surface area contributed by atoms with Crippen molar-refractivity contribution in [2.24, 2.45) is 5.92 Å². The molecule has 2 heterocycles. The van der Waals surface area contributed by atoms with Crippen molar-refractivity contribution in [3.63, 3.8) is 0 Å². The summed E-state index contributed by atoms with van der Waals surface area (Å²) in [5.74, 6) is 0.485. The minimum absolute atomic E-state index is 0.0836. The van der Waals surface area contributed by atoms with Gasteiger partial charge >= 0.3 is 0 Å². The van der Waals surface area contributed by atoms with E-state index >= 15 is 0 Å². The van der Waals surface area contributed by atoms with Gasteiger partial charge in [0.05, 0.1) is 0 Å². The third kappa shape index (κ3) is 3.44. The van der Waals surface area contributed by atoms with Crippen molar-refractivity contribution < 1.29 is 9.13 Å².